The largest absolute Gasteiger partial charge is 0.471 e. The van der Waals surface area contributed by atoms with E-state index in [0.717, 1.165) is 23.6 Å². The van der Waals surface area contributed by atoms with Crippen LogP contribution in [0.15, 0.2) is 30.3 Å². The molecule has 1 saturated heterocycles. The number of benzene rings is 1. The van der Waals surface area contributed by atoms with Crippen molar-refractivity contribution in [1.29, 1.82) is 0 Å². The van der Waals surface area contributed by atoms with E-state index < -0.39 is 12.1 Å². The minimum atomic E-state index is -4.86. The molecular weight excluding hydrogens is 371 g/mol. The van der Waals surface area contributed by atoms with E-state index in [-0.39, 0.29) is 43.8 Å². The number of halogens is 3. The highest BCUT2D eigenvalue weighted by Crippen LogP contribution is 2.24. The van der Waals surface area contributed by atoms with Crippen molar-refractivity contribution < 1.29 is 22.8 Å². The molecule has 1 heterocycles. The first-order valence-electron chi connectivity index (χ1n) is 9.70. The summed E-state index contributed by atoms with van der Waals surface area (Å²) in [5.41, 5.74) is 1.11. The molecule has 2 rings (SSSR count). The lowest BCUT2D eigenvalue weighted by atomic mass is 9.95. The van der Waals surface area contributed by atoms with Crippen LogP contribution in [0, 0.1) is 5.92 Å². The van der Waals surface area contributed by atoms with E-state index in [1.807, 2.05) is 30.3 Å². The number of carbonyl (C=O) groups excluding carboxylic acids is 2. The van der Waals surface area contributed by atoms with Gasteiger partial charge in [0.2, 0.25) is 5.91 Å². The first kappa shape index (κ1) is 22.2. The number of carbonyl (C=O) groups is 2. The fourth-order valence-corrected chi connectivity index (χ4v) is 3.66. The summed E-state index contributed by atoms with van der Waals surface area (Å²) in [6.45, 7) is 6.15. The van der Waals surface area contributed by atoms with Gasteiger partial charge >= 0.3 is 12.1 Å². The standard InChI is InChI=1S/C20H28F3N3O2/c1-3-25(4-2)17(15-8-6-5-7-9-15)14-24-18(27)16-10-12-26(13-11-16)19(28)20(21,22)23/h5-9,16-17H,3-4,10-14H2,1-2H3,(H,24,27). The minimum absolute atomic E-state index is 0.0343. The fourth-order valence-electron chi connectivity index (χ4n) is 3.66. The number of nitrogens with one attached hydrogen (secondary N) is 1. The van der Waals surface area contributed by atoms with Gasteiger partial charge in [-0.1, -0.05) is 44.2 Å². The molecule has 1 aromatic carbocycles. The van der Waals surface area contributed by atoms with E-state index in [4.69, 9.17) is 0 Å². The minimum Gasteiger partial charge on any atom is -0.354 e. The highest BCUT2D eigenvalue weighted by Gasteiger charge is 2.43. The molecule has 8 heteroatoms. The van der Waals surface area contributed by atoms with Gasteiger partial charge in [-0.25, -0.2) is 0 Å². The predicted octanol–water partition coefficient (Wildman–Crippen LogP) is 2.99. The van der Waals surface area contributed by atoms with Crippen LogP contribution in [0.4, 0.5) is 13.2 Å². The molecule has 0 radical (unpaired) electrons. The van der Waals surface area contributed by atoms with Gasteiger partial charge in [0.15, 0.2) is 0 Å². The highest BCUT2D eigenvalue weighted by atomic mass is 19.4. The van der Waals surface area contributed by atoms with Gasteiger partial charge in [0.1, 0.15) is 0 Å². The fraction of sp³-hybridized carbons (Fsp3) is 0.600. The van der Waals surface area contributed by atoms with Crippen molar-refractivity contribution in [3.8, 4) is 0 Å². The van der Waals surface area contributed by atoms with E-state index in [1.54, 1.807) is 0 Å². The van der Waals surface area contributed by atoms with E-state index in [1.165, 1.54) is 0 Å². The van der Waals surface area contributed by atoms with Crippen molar-refractivity contribution in [1.82, 2.24) is 15.1 Å². The molecule has 1 fully saturated rings. The number of hydrogen-bond acceptors (Lipinski definition) is 3. The first-order valence-corrected chi connectivity index (χ1v) is 9.70. The second kappa shape index (κ2) is 9.91. The monoisotopic (exact) mass is 399 g/mol. The molecule has 0 aliphatic carbocycles. The van der Waals surface area contributed by atoms with Crippen molar-refractivity contribution in [3.63, 3.8) is 0 Å². The first-order chi connectivity index (χ1) is 13.3. The summed E-state index contributed by atoms with van der Waals surface area (Å²) in [5, 5.41) is 2.97. The quantitative estimate of drug-likeness (QED) is 0.767. The number of hydrogen-bond donors (Lipinski definition) is 1. The third-order valence-corrected chi connectivity index (χ3v) is 5.30. The van der Waals surface area contributed by atoms with Gasteiger partial charge in [-0.15, -0.1) is 0 Å². The lowest BCUT2D eigenvalue weighted by Crippen LogP contribution is -2.48. The van der Waals surface area contributed by atoms with Gasteiger partial charge in [0.05, 0.1) is 6.04 Å². The second-order valence-electron chi connectivity index (χ2n) is 6.96. The third kappa shape index (κ3) is 5.70. The lowest BCUT2D eigenvalue weighted by molar-refractivity contribution is -0.186. The molecule has 5 nitrogen and oxygen atoms in total. The number of piperidine rings is 1. The van der Waals surface area contributed by atoms with Crippen LogP contribution in [0.3, 0.4) is 0 Å². The van der Waals surface area contributed by atoms with Crippen LogP contribution in [0.5, 0.6) is 0 Å². The van der Waals surface area contributed by atoms with Crippen molar-refractivity contribution >= 4 is 11.8 Å². The molecule has 1 N–H and O–H groups in total. The van der Waals surface area contributed by atoms with Gasteiger partial charge in [0.25, 0.3) is 0 Å². The van der Waals surface area contributed by atoms with Gasteiger partial charge < -0.3 is 10.2 Å². The van der Waals surface area contributed by atoms with Crippen LogP contribution in [0.2, 0.25) is 0 Å². The van der Waals surface area contributed by atoms with Gasteiger partial charge in [-0.05, 0) is 31.5 Å². The molecule has 1 aromatic rings. The molecule has 0 aromatic heterocycles. The summed E-state index contributed by atoms with van der Waals surface area (Å²) in [6, 6.07) is 9.94. The molecule has 1 aliphatic rings. The Kier molecular flexibility index (Phi) is 7.86. The summed E-state index contributed by atoms with van der Waals surface area (Å²) in [4.78, 5) is 26.9. The van der Waals surface area contributed by atoms with Gasteiger partial charge in [-0.2, -0.15) is 13.2 Å². The molecule has 0 saturated carbocycles. The maximum atomic E-state index is 12.6. The molecule has 2 amide bonds. The average Bonchev–Trinajstić information content (AvgIpc) is 2.70. The molecule has 0 spiro atoms. The predicted molar refractivity (Wildman–Crippen MR) is 100 cm³/mol. The maximum absolute atomic E-state index is 12.6. The molecule has 1 unspecified atom stereocenters. The molecule has 1 atom stereocenters. The number of amides is 2. The Bertz CT molecular complexity index is 640. The van der Waals surface area contributed by atoms with E-state index in [9.17, 15) is 22.8 Å². The zero-order valence-electron chi connectivity index (χ0n) is 16.3. The molecular formula is C20H28F3N3O2. The van der Waals surface area contributed by atoms with Gasteiger partial charge in [0, 0.05) is 25.6 Å². The smallest absolute Gasteiger partial charge is 0.354 e. The van der Waals surface area contributed by atoms with Crippen LogP contribution in [-0.4, -0.2) is 60.5 Å². The number of likely N-dealkylation sites (N-methyl/N-ethyl adjacent to an activating group) is 1. The Hall–Kier alpha value is -2.09. The number of alkyl halides is 3. The SMILES string of the molecule is CCN(CC)C(CNC(=O)C1CCN(C(=O)C(F)(F)F)CC1)c1ccccc1. The summed E-state index contributed by atoms with van der Waals surface area (Å²) < 4.78 is 37.6. The Morgan fingerprint density at radius 3 is 2.21 bits per heavy atom. The summed E-state index contributed by atoms with van der Waals surface area (Å²) >= 11 is 0. The number of nitrogens with zero attached hydrogens (tertiary/aromatic N) is 2. The van der Waals surface area contributed by atoms with Crippen molar-refractivity contribution in [2.75, 3.05) is 32.7 Å². The highest BCUT2D eigenvalue weighted by molar-refractivity contribution is 5.83. The van der Waals surface area contributed by atoms with Crippen LogP contribution in [0.1, 0.15) is 38.3 Å². The van der Waals surface area contributed by atoms with Crippen LogP contribution < -0.4 is 5.32 Å². The summed E-state index contributed by atoms with van der Waals surface area (Å²) in [5.74, 6) is -2.35. The summed E-state index contributed by atoms with van der Waals surface area (Å²) in [7, 11) is 0. The van der Waals surface area contributed by atoms with Crippen molar-refractivity contribution in [2.24, 2.45) is 5.92 Å². The zero-order chi connectivity index (χ0) is 20.7. The Labute approximate surface area is 163 Å². The number of rotatable bonds is 7. The van der Waals surface area contributed by atoms with Crippen LogP contribution in [-0.2, 0) is 9.59 Å². The lowest BCUT2D eigenvalue weighted by Gasteiger charge is -2.33. The maximum Gasteiger partial charge on any atom is 0.471 e. The second-order valence-corrected chi connectivity index (χ2v) is 6.96. The van der Waals surface area contributed by atoms with E-state index in [2.05, 4.69) is 24.1 Å². The van der Waals surface area contributed by atoms with Crippen LogP contribution in [0.25, 0.3) is 0 Å². The van der Waals surface area contributed by atoms with Crippen molar-refractivity contribution in [3.05, 3.63) is 35.9 Å². The third-order valence-electron chi connectivity index (χ3n) is 5.30. The molecule has 1 aliphatic heterocycles. The van der Waals surface area contributed by atoms with Crippen LogP contribution >= 0.6 is 0 Å². The Morgan fingerprint density at radius 2 is 1.71 bits per heavy atom. The normalized spacial score (nSPS) is 16.9. The average molecular weight is 399 g/mol. The van der Waals surface area contributed by atoms with E-state index >= 15 is 0 Å². The molecule has 0 bridgehead atoms. The topological polar surface area (TPSA) is 52.7 Å². The zero-order valence-corrected chi connectivity index (χ0v) is 16.3. The summed E-state index contributed by atoms with van der Waals surface area (Å²) in [6.07, 6.45) is -4.37. The van der Waals surface area contributed by atoms with Crippen molar-refractivity contribution in [2.45, 2.75) is 38.9 Å². The number of likely N-dealkylation sites (tertiary alicyclic amines) is 1. The molecule has 156 valence electrons. The Balaban J connectivity index is 1.92. The van der Waals surface area contributed by atoms with E-state index in [0.29, 0.717) is 6.54 Å². The van der Waals surface area contributed by atoms with Gasteiger partial charge in [-0.3, -0.25) is 14.5 Å². The molecule has 28 heavy (non-hydrogen) atoms. The Morgan fingerprint density at radius 1 is 1.14 bits per heavy atom.